The van der Waals surface area contributed by atoms with Crippen molar-refractivity contribution in [1.82, 2.24) is 0 Å². The Morgan fingerprint density at radius 3 is 2.12 bits per heavy atom. The summed E-state index contributed by atoms with van der Waals surface area (Å²) in [4.78, 5) is 10.9. The molecule has 1 aliphatic rings. The van der Waals surface area contributed by atoms with Crippen molar-refractivity contribution < 1.29 is 34.7 Å². The van der Waals surface area contributed by atoms with Crippen LogP contribution in [0.25, 0.3) is 0 Å². The Balaban J connectivity index is 2.90. The van der Waals surface area contributed by atoms with Crippen molar-refractivity contribution >= 4 is 5.97 Å². The lowest BCUT2D eigenvalue weighted by molar-refractivity contribution is -0.298. The Labute approximate surface area is 98.6 Å². The first kappa shape index (κ1) is 14.3. The summed E-state index contributed by atoms with van der Waals surface area (Å²) in [6.45, 7) is 5.03. The molecule has 4 N–H and O–H groups in total. The van der Waals surface area contributed by atoms with E-state index in [1.165, 1.54) is 0 Å². The molecule has 1 saturated heterocycles. The van der Waals surface area contributed by atoms with Crippen LogP contribution >= 0.6 is 0 Å². The third-order valence-corrected chi connectivity index (χ3v) is 2.30. The molecule has 0 aromatic carbocycles. The zero-order valence-electron chi connectivity index (χ0n) is 9.90. The quantitative estimate of drug-likeness (QED) is 0.481. The summed E-state index contributed by atoms with van der Waals surface area (Å²) < 4.78 is 10.1. The van der Waals surface area contributed by atoms with E-state index >= 15 is 0 Å². The van der Waals surface area contributed by atoms with Crippen LogP contribution in [0, 0.1) is 0 Å². The lowest BCUT2D eigenvalue weighted by atomic mass is 9.97. The van der Waals surface area contributed by atoms with Crippen molar-refractivity contribution in [3.05, 3.63) is 0 Å². The highest BCUT2D eigenvalue weighted by atomic mass is 16.7. The Morgan fingerprint density at radius 2 is 1.71 bits per heavy atom. The highest BCUT2D eigenvalue weighted by molar-refractivity contribution is 5.73. The fourth-order valence-corrected chi connectivity index (χ4v) is 1.59. The van der Waals surface area contributed by atoms with Gasteiger partial charge in [0, 0.05) is 0 Å². The third kappa shape index (κ3) is 3.36. The zero-order valence-corrected chi connectivity index (χ0v) is 9.90. The van der Waals surface area contributed by atoms with E-state index in [2.05, 4.69) is 0 Å². The van der Waals surface area contributed by atoms with Crippen molar-refractivity contribution in [2.45, 2.75) is 57.1 Å². The van der Waals surface area contributed by atoms with Gasteiger partial charge in [0.25, 0.3) is 0 Å². The van der Waals surface area contributed by atoms with Crippen LogP contribution in [-0.4, -0.2) is 62.7 Å². The molecule has 0 bridgehead atoms. The predicted molar refractivity (Wildman–Crippen MR) is 55.2 cm³/mol. The minimum absolute atomic E-state index is 0.718. The number of carbonyl (C=O) groups is 1. The first-order chi connectivity index (χ1) is 7.63. The molecule has 0 amide bonds. The van der Waals surface area contributed by atoms with E-state index in [-0.39, 0.29) is 0 Å². The highest BCUT2D eigenvalue weighted by Crippen LogP contribution is 2.26. The van der Waals surface area contributed by atoms with Gasteiger partial charge in [-0.05, 0) is 20.8 Å². The Bertz CT molecular complexity index is 285. The summed E-state index contributed by atoms with van der Waals surface area (Å²) in [6, 6.07) is 0. The van der Waals surface area contributed by atoms with Crippen LogP contribution in [0.5, 0.6) is 0 Å². The van der Waals surface area contributed by atoms with E-state index in [1.54, 1.807) is 20.8 Å². The lowest BCUT2D eigenvalue weighted by Gasteiger charge is -2.41. The van der Waals surface area contributed by atoms with E-state index in [4.69, 9.17) is 14.6 Å². The number of aliphatic hydroxyl groups excluding tert-OH is 3. The first-order valence-electron chi connectivity index (χ1n) is 5.24. The largest absolute Gasteiger partial charge is 0.479 e. The second kappa shape index (κ2) is 4.87. The smallest absolute Gasteiger partial charge is 0.335 e. The Hall–Kier alpha value is -0.730. The first-order valence-corrected chi connectivity index (χ1v) is 5.24. The van der Waals surface area contributed by atoms with Gasteiger partial charge in [0.15, 0.2) is 12.4 Å². The summed E-state index contributed by atoms with van der Waals surface area (Å²) >= 11 is 0. The lowest BCUT2D eigenvalue weighted by Crippen LogP contribution is -2.61. The molecule has 0 aromatic heterocycles. The van der Waals surface area contributed by atoms with Gasteiger partial charge in [-0.15, -0.1) is 0 Å². The number of aliphatic carboxylic acids is 1. The minimum Gasteiger partial charge on any atom is -0.479 e. The van der Waals surface area contributed by atoms with Crippen LogP contribution in [-0.2, 0) is 14.3 Å². The van der Waals surface area contributed by atoms with Gasteiger partial charge in [0.2, 0.25) is 0 Å². The average molecular weight is 250 g/mol. The summed E-state index contributed by atoms with van der Waals surface area (Å²) in [7, 11) is 0. The van der Waals surface area contributed by atoms with Gasteiger partial charge in [-0.2, -0.15) is 0 Å². The molecular formula is C10H18O7. The number of ether oxygens (including phenoxy) is 2. The number of hydrogen-bond donors (Lipinski definition) is 4. The van der Waals surface area contributed by atoms with E-state index in [1.807, 2.05) is 0 Å². The summed E-state index contributed by atoms with van der Waals surface area (Å²) in [5.41, 5.74) is -0.718. The fourth-order valence-electron chi connectivity index (χ4n) is 1.59. The van der Waals surface area contributed by atoms with Crippen LogP contribution in [0.3, 0.4) is 0 Å². The van der Waals surface area contributed by atoms with Crippen molar-refractivity contribution in [3.8, 4) is 0 Å². The highest BCUT2D eigenvalue weighted by Gasteiger charge is 2.49. The van der Waals surface area contributed by atoms with Gasteiger partial charge in [0.05, 0.1) is 5.60 Å². The molecule has 1 heterocycles. The van der Waals surface area contributed by atoms with Crippen LogP contribution < -0.4 is 0 Å². The molecule has 100 valence electrons. The van der Waals surface area contributed by atoms with Gasteiger partial charge in [-0.1, -0.05) is 0 Å². The number of aliphatic hydroxyl groups is 3. The number of rotatable bonds is 2. The summed E-state index contributed by atoms with van der Waals surface area (Å²) in [6.07, 6.45) is -7.64. The molecule has 1 fully saturated rings. The number of hydrogen-bond acceptors (Lipinski definition) is 6. The second-order valence-corrected chi connectivity index (χ2v) is 4.96. The zero-order chi connectivity index (χ0) is 13.4. The molecule has 1 aliphatic heterocycles. The Kier molecular flexibility index (Phi) is 4.11. The SMILES string of the molecule is CC(C)(C)OC1C(C(=O)O)OC(O)C(O)C1O. The minimum atomic E-state index is -1.74. The maximum atomic E-state index is 10.9. The molecule has 0 spiro atoms. The maximum Gasteiger partial charge on any atom is 0.335 e. The van der Waals surface area contributed by atoms with Gasteiger partial charge in [-0.25, -0.2) is 4.79 Å². The average Bonchev–Trinajstić information content (AvgIpc) is 2.16. The predicted octanol–water partition coefficient (Wildman–Crippen LogP) is -1.31. The van der Waals surface area contributed by atoms with Gasteiger partial charge < -0.3 is 29.9 Å². The van der Waals surface area contributed by atoms with Crippen molar-refractivity contribution in [2.75, 3.05) is 0 Å². The van der Waals surface area contributed by atoms with E-state index in [0.717, 1.165) is 0 Å². The standard InChI is InChI=1S/C10H18O7/c1-10(2,3)17-6-4(11)5(12)9(15)16-7(6)8(13)14/h4-7,9,11-12,15H,1-3H3,(H,13,14). The molecule has 7 heteroatoms. The van der Waals surface area contributed by atoms with E-state index in [0.29, 0.717) is 0 Å². The van der Waals surface area contributed by atoms with Crippen molar-refractivity contribution in [1.29, 1.82) is 0 Å². The fraction of sp³-hybridized carbons (Fsp3) is 0.900. The second-order valence-electron chi connectivity index (χ2n) is 4.96. The molecule has 0 radical (unpaired) electrons. The van der Waals surface area contributed by atoms with Crippen LogP contribution in [0.4, 0.5) is 0 Å². The normalized spacial score (nSPS) is 39.1. The maximum absolute atomic E-state index is 10.9. The molecule has 5 unspecified atom stereocenters. The number of carboxylic acid groups (broad SMARTS) is 1. The summed E-state index contributed by atoms with van der Waals surface area (Å²) in [5, 5.41) is 37.3. The van der Waals surface area contributed by atoms with E-state index < -0.39 is 42.3 Å². The monoisotopic (exact) mass is 250 g/mol. The number of carboxylic acids is 1. The molecule has 0 aliphatic carbocycles. The molecule has 5 atom stereocenters. The van der Waals surface area contributed by atoms with Gasteiger partial charge in [0.1, 0.15) is 18.3 Å². The van der Waals surface area contributed by atoms with Crippen LogP contribution in [0.15, 0.2) is 0 Å². The van der Waals surface area contributed by atoms with Crippen molar-refractivity contribution in [2.24, 2.45) is 0 Å². The van der Waals surface area contributed by atoms with Gasteiger partial charge >= 0.3 is 5.97 Å². The summed E-state index contributed by atoms with van der Waals surface area (Å²) in [5.74, 6) is -1.37. The molecule has 1 rings (SSSR count). The van der Waals surface area contributed by atoms with E-state index in [9.17, 15) is 20.1 Å². The third-order valence-electron chi connectivity index (χ3n) is 2.30. The molecule has 7 nitrogen and oxygen atoms in total. The van der Waals surface area contributed by atoms with Crippen LogP contribution in [0.1, 0.15) is 20.8 Å². The van der Waals surface area contributed by atoms with Gasteiger partial charge in [-0.3, -0.25) is 0 Å². The van der Waals surface area contributed by atoms with Crippen LogP contribution in [0.2, 0.25) is 0 Å². The van der Waals surface area contributed by atoms with Crippen molar-refractivity contribution in [3.63, 3.8) is 0 Å². The molecule has 0 saturated carbocycles. The molecule has 0 aromatic rings. The Morgan fingerprint density at radius 1 is 1.18 bits per heavy atom. The topological polar surface area (TPSA) is 116 Å². The molecular weight excluding hydrogens is 232 g/mol. The molecule has 17 heavy (non-hydrogen) atoms.